The van der Waals surface area contributed by atoms with E-state index in [1.807, 2.05) is 17.0 Å². The summed E-state index contributed by atoms with van der Waals surface area (Å²) in [7, 11) is 0. The van der Waals surface area contributed by atoms with Crippen molar-refractivity contribution in [3.8, 4) is 11.7 Å². The van der Waals surface area contributed by atoms with Crippen LogP contribution in [0.1, 0.15) is 69.2 Å². The summed E-state index contributed by atoms with van der Waals surface area (Å²) in [6, 6.07) is 10.0. The Morgan fingerprint density at radius 3 is 2.50 bits per heavy atom. The van der Waals surface area contributed by atoms with E-state index >= 15 is 0 Å². The minimum Gasteiger partial charge on any atom is -0.416 e. The summed E-state index contributed by atoms with van der Waals surface area (Å²) >= 11 is 1.09. The number of carbonyl (C=O) groups excluding carboxylic acids is 2. The van der Waals surface area contributed by atoms with Crippen LogP contribution in [0.5, 0.6) is 5.88 Å². The maximum Gasteiger partial charge on any atom is 0.380 e. The molecule has 4 fully saturated rings. The highest BCUT2D eigenvalue weighted by atomic mass is 32.2. The van der Waals surface area contributed by atoms with Gasteiger partial charge >= 0.3 is 5.97 Å². The first-order valence-corrected chi connectivity index (χ1v) is 17.1. The summed E-state index contributed by atoms with van der Waals surface area (Å²) < 4.78 is 9.25. The maximum absolute atomic E-state index is 12.8. The fraction of sp³-hybridized carbons (Fsp3) is 0.545. The van der Waals surface area contributed by atoms with Gasteiger partial charge in [0.15, 0.2) is 5.82 Å². The molecule has 4 heterocycles. The second-order valence-electron chi connectivity index (χ2n) is 14.3. The zero-order chi connectivity index (χ0) is 34.0. The number of nitrogens with zero attached hydrogens (tertiary/aromatic N) is 5. The van der Waals surface area contributed by atoms with Gasteiger partial charge in [-0.2, -0.15) is 0 Å². The zero-order valence-electron chi connectivity index (χ0n) is 26.9. The molecule has 0 aromatic carbocycles. The van der Waals surface area contributed by atoms with Crippen molar-refractivity contribution in [3.63, 3.8) is 0 Å². The van der Waals surface area contributed by atoms with Crippen molar-refractivity contribution in [2.24, 2.45) is 22.7 Å². The molecule has 3 aromatic rings. The Hall–Kier alpha value is -3.76. The fourth-order valence-corrected chi connectivity index (χ4v) is 8.64. The number of aliphatic hydroxyl groups is 4. The third kappa shape index (κ3) is 5.81. The lowest BCUT2D eigenvalue weighted by atomic mass is 9.93. The van der Waals surface area contributed by atoms with Crippen molar-refractivity contribution in [2.75, 3.05) is 18.4 Å². The van der Waals surface area contributed by atoms with Crippen molar-refractivity contribution in [1.29, 1.82) is 0 Å². The van der Waals surface area contributed by atoms with Gasteiger partial charge in [0, 0.05) is 55.0 Å². The van der Waals surface area contributed by atoms with E-state index in [-0.39, 0.29) is 28.2 Å². The largest absolute Gasteiger partial charge is 0.416 e. The van der Waals surface area contributed by atoms with Gasteiger partial charge in [-0.05, 0) is 99.8 Å². The number of ether oxygens (including phenoxy) is 1. The predicted octanol–water partition coefficient (Wildman–Crippen LogP) is 2.44. The Labute approximate surface area is 282 Å². The van der Waals surface area contributed by atoms with Crippen LogP contribution < -0.4 is 14.8 Å². The van der Waals surface area contributed by atoms with E-state index < -0.39 is 17.7 Å². The molecule has 3 saturated carbocycles. The molecule has 1 unspecified atom stereocenters. The van der Waals surface area contributed by atoms with Crippen molar-refractivity contribution < 1.29 is 34.8 Å². The number of fused-ring (bicyclic) bond motifs is 1. The molecule has 1 aliphatic heterocycles. The summed E-state index contributed by atoms with van der Waals surface area (Å²) in [4.78, 5) is 34.8. The summed E-state index contributed by atoms with van der Waals surface area (Å²) in [6.45, 7) is 5.75. The first kappa shape index (κ1) is 32.8. The lowest BCUT2D eigenvalue weighted by Crippen LogP contribution is -2.60. The summed E-state index contributed by atoms with van der Waals surface area (Å²) in [6.07, 6.45) is 10.1. The van der Waals surface area contributed by atoms with Gasteiger partial charge in [0.2, 0.25) is 12.3 Å². The topological polar surface area (TPSA) is 195 Å². The van der Waals surface area contributed by atoms with Gasteiger partial charge < -0.3 is 35.4 Å². The molecule has 2 spiro atoms. The van der Waals surface area contributed by atoms with E-state index in [1.165, 1.54) is 23.1 Å². The molecule has 2 amide bonds. The molecule has 256 valence electrons. The third-order valence-electron chi connectivity index (χ3n) is 10.7. The van der Waals surface area contributed by atoms with Crippen LogP contribution in [0, 0.1) is 22.7 Å². The smallest absolute Gasteiger partial charge is 0.380 e. The van der Waals surface area contributed by atoms with Gasteiger partial charge in [0.1, 0.15) is 10.8 Å². The van der Waals surface area contributed by atoms with Crippen molar-refractivity contribution in [2.45, 2.75) is 81.1 Å². The van der Waals surface area contributed by atoms with Crippen LogP contribution in [0.3, 0.4) is 0 Å². The third-order valence-corrected chi connectivity index (χ3v) is 11.5. The van der Waals surface area contributed by atoms with Crippen molar-refractivity contribution in [1.82, 2.24) is 29.4 Å². The Morgan fingerprint density at radius 2 is 1.85 bits per heavy atom. The van der Waals surface area contributed by atoms with E-state index in [9.17, 15) is 30.0 Å². The number of rotatable bonds is 14. The summed E-state index contributed by atoms with van der Waals surface area (Å²) in [5, 5.41) is 50.8. The van der Waals surface area contributed by atoms with Crippen LogP contribution in [0.15, 0.2) is 53.8 Å². The second-order valence-corrected chi connectivity index (χ2v) is 15.1. The highest BCUT2D eigenvalue weighted by Crippen LogP contribution is 2.94. The molecule has 1 atom stereocenters. The summed E-state index contributed by atoms with van der Waals surface area (Å²) in [5.74, 6) is -5.86. The molecule has 3 aromatic heterocycles. The van der Waals surface area contributed by atoms with E-state index in [1.54, 1.807) is 18.2 Å². The van der Waals surface area contributed by atoms with Crippen LogP contribution >= 0.6 is 11.9 Å². The van der Waals surface area contributed by atoms with Crippen LogP contribution in [0.2, 0.25) is 0 Å². The standard InChI is InChI=1S/C33H41N7O7S/c1-29(2)17-21(19-39(29)20-41)5-4-15-34-23-6-3-7-26(36-23)48-38-27(42)22-8-9-24(35-18-22)40-16-10-25(37-40)47-33(45,46)32(43,44)28-30(11-12-30)31(28)13-14-31/h3,6-10,16,18,20-21,28,43-46H,4-5,11-15,17,19H2,1-2H3,(H,34,36)(H,38,42). The maximum atomic E-state index is 12.8. The van der Waals surface area contributed by atoms with E-state index in [4.69, 9.17) is 4.74 Å². The normalized spacial score (nSPS) is 21.7. The Kier molecular flexibility index (Phi) is 7.98. The van der Waals surface area contributed by atoms with Crippen LogP contribution in [-0.4, -0.2) is 87.8 Å². The predicted molar refractivity (Wildman–Crippen MR) is 173 cm³/mol. The van der Waals surface area contributed by atoms with Crippen molar-refractivity contribution in [3.05, 3.63) is 54.4 Å². The molecular weight excluding hydrogens is 638 g/mol. The molecule has 4 aliphatic rings. The van der Waals surface area contributed by atoms with E-state index in [2.05, 4.69) is 39.0 Å². The average Bonchev–Trinajstić information content (AvgIpc) is 4.01. The number of hydrogen-bond acceptors (Lipinski definition) is 12. The molecular formula is C33H41N7O7S. The molecule has 3 aliphatic carbocycles. The van der Waals surface area contributed by atoms with Crippen LogP contribution in [-0.2, 0) is 4.79 Å². The quantitative estimate of drug-likeness (QED) is 0.0632. The Balaban J connectivity index is 0.877. The molecule has 7 rings (SSSR count). The number of anilines is 1. The molecule has 1 saturated heterocycles. The lowest BCUT2D eigenvalue weighted by Gasteiger charge is -2.34. The van der Waals surface area contributed by atoms with Crippen LogP contribution in [0.25, 0.3) is 5.82 Å². The highest BCUT2D eigenvalue weighted by molar-refractivity contribution is 7.97. The van der Waals surface area contributed by atoms with E-state index in [0.717, 1.165) is 76.4 Å². The Morgan fingerprint density at radius 1 is 1.10 bits per heavy atom. The SMILES string of the molecule is CC1(C)CC(CCCNc2cccc(SNC(=O)c3ccc(-n4ccc(OC(O)(O)C(O)(O)C5C6(CC6)C56CC6)n4)nc3)n2)CN1C=O. The minimum atomic E-state index is -3.26. The summed E-state index contributed by atoms with van der Waals surface area (Å²) in [5.41, 5.74) is -0.230. The number of likely N-dealkylation sites (tertiary alicyclic amines) is 1. The monoisotopic (exact) mass is 679 g/mol. The molecule has 15 heteroatoms. The number of aromatic nitrogens is 4. The fourth-order valence-electron chi connectivity index (χ4n) is 8.03. The first-order valence-electron chi connectivity index (χ1n) is 16.3. The molecule has 0 bridgehead atoms. The Bertz CT molecular complexity index is 1670. The van der Waals surface area contributed by atoms with Gasteiger partial charge in [0.25, 0.3) is 11.7 Å². The number of carbonyl (C=O) groups is 2. The number of hydrogen-bond donors (Lipinski definition) is 6. The number of pyridine rings is 2. The average molecular weight is 680 g/mol. The van der Waals surface area contributed by atoms with Gasteiger partial charge in [-0.25, -0.2) is 14.6 Å². The molecule has 0 radical (unpaired) electrons. The van der Waals surface area contributed by atoms with Gasteiger partial charge in [-0.1, -0.05) is 6.07 Å². The highest BCUT2D eigenvalue weighted by Gasteiger charge is 2.93. The first-order chi connectivity index (χ1) is 22.8. The minimum absolute atomic E-state index is 0.0867. The van der Waals surface area contributed by atoms with Gasteiger partial charge in [-0.15, -0.1) is 5.10 Å². The lowest BCUT2D eigenvalue weighted by molar-refractivity contribution is -0.442. The second kappa shape index (κ2) is 11.7. The number of nitrogens with one attached hydrogen (secondary N) is 2. The van der Waals surface area contributed by atoms with Crippen molar-refractivity contribution >= 4 is 30.1 Å². The number of amides is 2. The molecule has 48 heavy (non-hydrogen) atoms. The van der Waals surface area contributed by atoms with E-state index in [0.29, 0.717) is 28.1 Å². The zero-order valence-corrected chi connectivity index (χ0v) is 27.7. The van der Waals surface area contributed by atoms with Gasteiger partial charge in [0.05, 0.1) is 5.56 Å². The molecule has 14 nitrogen and oxygen atoms in total. The molecule has 6 N–H and O–H groups in total. The van der Waals surface area contributed by atoms with Crippen LogP contribution in [0.4, 0.5) is 5.82 Å². The van der Waals surface area contributed by atoms with Gasteiger partial charge in [-0.3, -0.25) is 14.3 Å².